The molecule has 0 amide bonds. The highest BCUT2D eigenvalue weighted by Crippen LogP contribution is 1.95. The van der Waals surface area contributed by atoms with Gasteiger partial charge in [0.2, 0.25) is 0 Å². The maximum Gasteiger partial charge on any atom is 0.0267 e. The van der Waals surface area contributed by atoms with E-state index in [1.54, 1.807) is 0 Å². The van der Waals surface area contributed by atoms with Gasteiger partial charge in [-0.1, -0.05) is 39.4 Å². The summed E-state index contributed by atoms with van der Waals surface area (Å²) in [6, 6.07) is 0. The summed E-state index contributed by atoms with van der Waals surface area (Å²) >= 11 is 0. The van der Waals surface area contributed by atoms with E-state index in [0.29, 0.717) is 0 Å². The minimum absolute atomic E-state index is 0.177. The molecule has 0 bridgehead atoms. The summed E-state index contributed by atoms with van der Waals surface area (Å²) in [4.78, 5) is 0. The van der Waals surface area contributed by atoms with Gasteiger partial charge in [0.25, 0.3) is 0 Å². The van der Waals surface area contributed by atoms with Crippen LogP contribution < -0.4 is 0 Å². The molecule has 0 rings (SSSR count). The third-order valence-electron chi connectivity index (χ3n) is 0.552. The van der Waals surface area contributed by atoms with Crippen LogP contribution in [0.25, 0.3) is 0 Å². The van der Waals surface area contributed by atoms with Crippen LogP contribution in [-0.4, -0.2) is 0 Å². The maximum absolute atomic E-state index is 7.08. The highest BCUT2D eigenvalue weighted by atomic mass is 13.8. The molecular formula is C6H13. The quantitative estimate of drug-likeness (QED) is 0.498. The largest absolute Gasteiger partial charge is 0.0654 e. The Kier molecular flexibility index (Phi) is 1.54. The maximum atomic E-state index is 7.08. The van der Waals surface area contributed by atoms with Crippen LogP contribution >= 0.6 is 0 Å². The van der Waals surface area contributed by atoms with Gasteiger partial charge in [-0.25, -0.2) is 0 Å². The summed E-state index contributed by atoms with van der Waals surface area (Å²) in [6.45, 7) is 4.68. The second-order valence-corrected chi connectivity index (χ2v) is 1.10. The van der Waals surface area contributed by atoms with Gasteiger partial charge in [-0.05, 0) is 0 Å². The third-order valence-corrected chi connectivity index (χ3v) is 0.552. The lowest BCUT2D eigenvalue weighted by Gasteiger charge is -1.86. The highest BCUT2D eigenvalue weighted by Gasteiger charge is 1.75. The molecule has 0 aliphatic rings. The lowest BCUT2D eigenvalue weighted by atomic mass is 10.2. The molecule has 0 aliphatic carbocycles. The van der Waals surface area contributed by atoms with Crippen molar-refractivity contribution in [2.75, 3.05) is 0 Å². The molecule has 0 fully saturated rings. The van der Waals surface area contributed by atoms with Gasteiger partial charge in [0.05, 0.1) is 0 Å². The van der Waals surface area contributed by atoms with Crippen LogP contribution in [0.4, 0.5) is 0 Å². The molecule has 0 atom stereocenters. The van der Waals surface area contributed by atoms with Crippen LogP contribution in [0.15, 0.2) is 0 Å². The predicted octanol–water partition coefficient (Wildman–Crippen LogP) is 2.40. The van der Waals surface area contributed by atoms with Gasteiger partial charge in [0, 0.05) is 5.48 Å². The average Bonchev–Trinajstić information content (AvgIpc) is 1.57. The van der Waals surface area contributed by atoms with Crippen molar-refractivity contribution < 1.29 is 5.48 Å². The van der Waals surface area contributed by atoms with Crippen LogP contribution in [0.5, 0.6) is 0 Å². The monoisotopic (exact) mass is 89.1 g/mol. The lowest BCUT2D eigenvalue weighted by Crippen LogP contribution is -1.66. The van der Waals surface area contributed by atoms with Crippen LogP contribution in [0.3, 0.4) is 0 Å². The van der Waals surface area contributed by atoms with Crippen molar-refractivity contribution in [3.63, 3.8) is 0 Å². The van der Waals surface area contributed by atoms with Gasteiger partial charge in [-0.2, -0.15) is 0 Å². The molecule has 0 saturated carbocycles. The Morgan fingerprint density at radius 1 is 1.67 bits per heavy atom. The molecule has 0 unspecified atom stereocenters. The van der Waals surface area contributed by atoms with Crippen molar-refractivity contribution in [2.45, 2.75) is 32.5 Å². The molecule has 0 aromatic carbocycles. The summed E-state index contributed by atoms with van der Waals surface area (Å²) in [5.41, 5.74) is 0. The van der Waals surface area contributed by atoms with Gasteiger partial charge >= 0.3 is 0 Å². The van der Waals surface area contributed by atoms with E-state index in [1.165, 1.54) is 6.92 Å². The molecule has 37 valence electrons. The van der Waals surface area contributed by atoms with Crippen molar-refractivity contribution >= 4 is 0 Å². The smallest absolute Gasteiger partial charge is 0.0267 e. The fourth-order valence-electron chi connectivity index (χ4n) is 0.213. The van der Waals surface area contributed by atoms with Crippen molar-refractivity contribution in [3.8, 4) is 0 Å². The van der Waals surface area contributed by atoms with Gasteiger partial charge in [0.15, 0.2) is 0 Å². The zero-order chi connectivity index (χ0) is 8.41. The van der Waals surface area contributed by atoms with E-state index in [9.17, 15) is 0 Å². The Morgan fingerprint density at radius 3 is 2.50 bits per heavy atom. The zero-order valence-electron chi connectivity index (χ0n) is 8.12. The van der Waals surface area contributed by atoms with E-state index >= 15 is 0 Å². The third kappa shape index (κ3) is 4.00. The minimum Gasteiger partial charge on any atom is -0.0654 e. The second-order valence-electron chi connectivity index (χ2n) is 1.10. The Bertz CT molecular complexity index is 83.3. The van der Waals surface area contributed by atoms with E-state index in [1.807, 2.05) is 0 Å². The van der Waals surface area contributed by atoms with Gasteiger partial charge in [-0.15, -0.1) is 0 Å². The first kappa shape index (κ1) is 1.85. The normalized spacial score (nSPS) is 23.7. The van der Waals surface area contributed by atoms with Crippen LogP contribution in [0, 0.1) is 6.92 Å². The molecule has 0 nitrogen and oxygen atoms in total. The topological polar surface area (TPSA) is 0 Å². The predicted molar refractivity (Wildman–Crippen MR) is 29.5 cm³/mol. The molecule has 0 aromatic rings. The summed E-state index contributed by atoms with van der Waals surface area (Å²) in [7, 11) is 0. The first-order chi connectivity index (χ1) is 4.21. The van der Waals surface area contributed by atoms with Gasteiger partial charge in [-0.3, -0.25) is 0 Å². The van der Waals surface area contributed by atoms with E-state index in [4.69, 9.17) is 5.48 Å². The molecule has 0 aliphatic heterocycles. The highest BCUT2D eigenvalue weighted by molar-refractivity contribution is 4.38. The molecule has 0 spiro atoms. The molecule has 0 heteroatoms. The lowest BCUT2D eigenvalue weighted by molar-refractivity contribution is 0.728. The Morgan fingerprint density at radius 2 is 2.33 bits per heavy atom. The molecule has 1 radical (unpaired) electrons. The fourth-order valence-corrected chi connectivity index (χ4v) is 0.213. The average molecular weight is 89.2 g/mol. The summed E-state index contributed by atoms with van der Waals surface area (Å²) in [6.07, 6.45) is -2.35. The minimum atomic E-state index is -1.48. The van der Waals surface area contributed by atoms with Crippen molar-refractivity contribution in [3.05, 3.63) is 6.92 Å². The molecule has 6 heavy (non-hydrogen) atoms. The standard InChI is InChI=1S/C6H13/c1-3-5-6-4-2/h1,3-6H2,2H3/i3D2,4D2. The first-order valence-corrected chi connectivity index (χ1v) is 2.06. The van der Waals surface area contributed by atoms with Crippen LogP contribution in [-0.2, 0) is 0 Å². The zero-order valence-corrected chi connectivity index (χ0v) is 4.12. The summed E-state index contributed by atoms with van der Waals surface area (Å²) in [5, 5.41) is 0. The van der Waals surface area contributed by atoms with Gasteiger partial charge in [0.1, 0.15) is 0 Å². The second kappa shape index (κ2) is 5.00. The van der Waals surface area contributed by atoms with E-state index in [0.717, 1.165) is 0 Å². The molecule has 0 heterocycles. The molecule has 0 saturated heterocycles. The Labute approximate surface area is 46.2 Å². The molecule has 0 aromatic heterocycles. The van der Waals surface area contributed by atoms with E-state index in [-0.39, 0.29) is 12.8 Å². The molecular weight excluding hydrogens is 72.1 g/mol. The van der Waals surface area contributed by atoms with E-state index < -0.39 is 12.7 Å². The van der Waals surface area contributed by atoms with Crippen molar-refractivity contribution in [1.82, 2.24) is 0 Å². The summed E-state index contributed by atoms with van der Waals surface area (Å²) in [5.74, 6) is 0. The van der Waals surface area contributed by atoms with Crippen LogP contribution in [0.2, 0.25) is 0 Å². The Hall–Kier alpha value is 0. The van der Waals surface area contributed by atoms with Gasteiger partial charge < -0.3 is 0 Å². The van der Waals surface area contributed by atoms with Crippen molar-refractivity contribution in [2.24, 2.45) is 0 Å². The Balaban J connectivity index is 3.56. The number of rotatable bonds is 3. The fraction of sp³-hybridized carbons (Fsp3) is 0.833. The number of hydrogen-bond donors (Lipinski definition) is 0. The first-order valence-electron chi connectivity index (χ1n) is 4.06. The SMILES string of the molecule is [2H]C([2H])([CH2])CCC([2H])([2H])C. The van der Waals surface area contributed by atoms with E-state index in [2.05, 4.69) is 6.92 Å². The molecule has 0 N–H and O–H groups in total. The summed E-state index contributed by atoms with van der Waals surface area (Å²) < 4.78 is 28.2. The van der Waals surface area contributed by atoms with Crippen LogP contribution in [0.1, 0.15) is 38.0 Å². The number of hydrogen-bond acceptors (Lipinski definition) is 0. The van der Waals surface area contributed by atoms with Crippen molar-refractivity contribution in [1.29, 1.82) is 0 Å².